The van der Waals surface area contributed by atoms with Crippen molar-refractivity contribution in [1.29, 1.82) is 0 Å². The van der Waals surface area contributed by atoms with Gasteiger partial charge >= 0.3 is 0 Å². The third-order valence-corrected chi connectivity index (χ3v) is 3.84. The average molecular weight is 212 g/mol. The Morgan fingerprint density at radius 1 is 1.20 bits per heavy atom. The van der Waals surface area contributed by atoms with Crippen LogP contribution in [-0.2, 0) is 4.74 Å². The van der Waals surface area contributed by atoms with Gasteiger partial charge in [0, 0.05) is 25.7 Å². The zero-order valence-electron chi connectivity index (χ0n) is 9.66. The lowest BCUT2D eigenvalue weighted by atomic mass is 9.88. The van der Waals surface area contributed by atoms with Crippen molar-refractivity contribution in [1.82, 2.24) is 4.90 Å². The van der Waals surface area contributed by atoms with Crippen molar-refractivity contribution >= 4 is 0 Å². The molecule has 1 aliphatic heterocycles. The second-order valence-corrected chi connectivity index (χ2v) is 4.96. The Balaban J connectivity index is 1.79. The molecule has 2 fully saturated rings. The zero-order valence-corrected chi connectivity index (χ0v) is 9.66. The van der Waals surface area contributed by atoms with Gasteiger partial charge in [-0.05, 0) is 18.8 Å². The summed E-state index contributed by atoms with van der Waals surface area (Å²) < 4.78 is 5.47. The maximum absolute atomic E-state index is 5.78. The molecule has 1 saturated carbocycles. The van der Waals surface area contributed by atoms with Crippen molar-refractivity contribution in [2.75, 3.05) is 32.8 Å². The minimum atomic E-state index is 0.473. The topological polar surface area (TPSA) is 38.5 Å². The summed E-state index contributed by atoms with van der Waals surface area (Å²) in [6, 6.07) is 0.473. The van der Waals surface area contributed by atoms with Gasteiger partial charge in [0.05, 0.1) is 13.2 Å². The van der Waals surface area contributed by atoms with Crippen LogP contribution in [0.5, 0.6) is 0 Å². The Morgan fingerprint density at radius 2 is 2.00 bits per heavy atom. The molecule has 2 aliphatic rings. The molecule has 3 heteroatoms. The molecule has 1 heterocycles. The fourth-order valence-electron chi connectivity index (χ4n) is 2.85. The summed E-state index contributed by atoms with van der Waals surface area (Å²) in [5, 5.41) is 0. The lowest BCUT2D eigenvalue weighted by Gasteiger charge is -2.38. The van der Waals surface area contributed by atoms with Gasteiger partial charge in [0.15, 0.2) is 0 Å². The van der Waals surface area contributed by atoms with E-state index in [1.54, 1.807) is 0 Å². The van der Waals surface area contributed by atoms with Gasteiger partial charge in [-0.25, -0.2) is 0 Å². The van der Waals surface area contributed by atoms with Crippen molar-refractivity contribution in [2.45, 2.75) is 38.1 Å². The van der Waals surface area contributed by atoms with Crippen LogP contribution in [0.4, 0.5) is 0 Å². The minimum absolute atomic E-state index is 0.473. The highest BCUT2D eigenvalue weighted by molar-refractivity contribution is 4.79. The normalized spacial score (nSPS) is 30.6. The number of hydrogen-bond acceptors (Lipinski definition) is 3. The predicted octanol–water partition coefficient (Wildman–Crippen LogP) is 1.23. The van der Waals surface area contributed by atoms with E-state index in [1.165, 1.54) is 38.6 Å². The molecule has 1 unspecified atom stereocenters. The molecule has 0 bridgehead atoms. The highest BCUT2D eigenvalue weighted by atomic mass is 16.5. The molecule has 2 rings (SSSR count). The first-order valence-electron chi connectivity index (χ1n) is 6.42. The summed E-state index contributed by atoms with van der Waals surface area (Å²) in [5.74, 6) is 0.922. The molecule has 0 spiro atoms. The van der Waals surface area contributed by atoms with Crippen LogP contribution in [0.1, 0.15) is 32.1 Å². The van der Waals surface area contributed by atoms with Gasteiger partial charge in [-0.1, -0.05) is 19.3 Å². The van der Waals surface area contributed by atoms with E-state index >= 15 is 0 Å². The van der Waals surface area contributed by atoms with E-state index in [4.69, 9.17) is 10.5 Å². The molecule has 15 heavy (non-hydrogen) atoms. The van der Waals surface area contributed by atoms with E-state index in [1.807, 2.05) is 0 Å². The molecule has 0 aromatic rings. The third-order valence-electron chi connectivity index (χ3n) is 3.84. The Hall–Kier alpha value is -0.120. The van der Waals surface area contributed by atoms with E-state index in [0.717, 1.165) is 32.2 Å². The van der Waals surface area contributed by atoms with Crippen molar-refractivity contribution in [2.24, 2.45) is 11.7 Å². The molecular weight excluding hydrogens is 188 g/mol. The fraction of sp³-hybridized carbons (Fsp3) is 1.00. The van der Waals surface area contributed by atoms with E-state index in [2.05, 4.69) is 4.90 Å². The Bertz CT molecular complexity index is 180. The van der Waals surface area contributed by atoms with E-state index in [0.29, 0.717) is 6.04 Å². The summed E-state index contributed by atoms with van der Waals surface area (Å²) in [4.78, 5) is 2.56. The SMILES string of the molecule is NCC1COCCN1CC1CCCCC1. The van der Waals surface area contributed by atoms with Gasteiger partial charge in [0.2, 0.25) is 0 Å². The first-order valence-corrected chi connectivity index (χ1v) is 6.42. The van der Waals surface area contributed by atoms with Gasteiger partial charge in [-0.3, -0.25) is 4.90 Å². The van der Waals surface area contributed by atoms with Crippen LogP contribution in [0.2, 0.25) is 0 Å². The highest BCUT2D eigenvalue weighted by Crippen LogP contribution is 2.25. The Kier molecular flexibility index (Phi) is 4.42. The van der Waals surface area contributed by atoms with Gasteiger partial charge in [0.25, 0.3) is 0 Å². The molecule has 0 amide bonds. The number of hydrogen-bond donors (Lipinski definition) is 1. The molecule has 0 aromatic heterocycles. The van der Waals surface area contributed by atoms with Crippen molar-refractivity contribution in [3.8, 4) is 0 Å². The second-order valence-electron chi connectivity index (χ2n) is 4.96. The van der Waals surface area contributed by atoms with Crippen LogP contribution in [0.15, 0.2) is 0 Å². The van der Waals surface area contributed by atoms with Crippen LogP contribution in [0.25, 0.3) is 0 Å². The smallest absolute Gasteiger partial charge is 0.0634 e. The summed E-state index contributed by atoms with van der Waals surface area (Å²) in [6.07, 6.45) is 7.16. The molecule has 1 atom stereocenters. The molecule has 0 radical (unpaired) electrons. The maximum Gasteiger partial charge on any atom is 0.0634 e. The molecule has 1 saturated heterocycles. The van der Waals surface area contributed by atoms with Crippen LogP contribution in [0.3, 0.4) is 0 Å². The number of rotatable bonds is 3. The molecule has 1 aliphatic carbocycles. The van der Waals surface area contributed by atoms with Crippen molar-refractivity contribution in [3.05, 3.63) is 0 Å². The van der Waals surface area contributed by atoms with Gasteiger partial charge in [-0.15, -0.1) is 0 Å². The van der Waals surface area contributed by atoms with Crippen LogP contribution < -0.4 is 5.73 Å². The molecular formula is C12H24N2O. The molecule has 2 N–H and O–H groups in total. The fourth-order valence-corrected chi connectivity index (χ4v) is 2.85. The second kappa shape index (κ2) is 5.83. The molecule has 0 aromatic carbocycles. The largest absolute Gasteiger partial charge is 0.378 e. The van der Waals surface area contributed by atoms with Crippen LogP contribution in [0, 0.1) is 5.92 Å². The van der Waals surface area contributed by atoms with E-state index in [-0.39, 0.29) is 0 Å². The number of morpholine rings is 1. The van der Waals surface area contributed by atoms with Gasteiger partial charge in [0.1, 0.15) is 0 Å². The summed E-state index contributed by atoms with van der Waals surface area (Å²) >= 11 is 0. The van der Waals surface area contributed by atoms with Crippen LogP contribution in [-0.4, -0.2) is 43.8 Å². The zero-order chi connectivity index (χ0) is 10.5. The van der Waals surface area contributed by atoms with Crippen molar-refractivity contribution in [3.63, 3.8) is 0 Å². The van der Waals surface area contributed by atoms with Gasteiger partial charge in [-0.2, -0.15) is 0 Å². The van der Waals surface area contributed by atoms with Crippen molar-refractivity contribution < 1.29 is 4.74 Å². The Labute approximate surface area is 93.0 Å². The van der Waals surface area contributed by atoms with Gasteiger partial charge < -0.3 is 10.5 Å². The summed E-state index contributed by atoms with van der Waals surface area (Å²) in [7, 11) is 0. The lowest BCUT2D eigenvalue weighted by Crippen LogP contribution is -2.51. The van der Waals surface area contributed by atoms with E-state index in [9.17, 15) is 0 Å². The first-order chi connectivity index (χ1) is 7.40. The minimum Gasteiger partial charge on any atom is -0.378 e. The number of ether oxygens (including phenoxy) is 1. The lowest BCUT2D eigenvalue weighted by molar-refractivity contribution is -0.0130. The van der Waals surface area contributed by atoms with E-state index < -0.39 is 0 Å². The number of nitrogens with two attached hydrogens (primary N) is 1. The molecule has 3 nitrogen and oxygen atoms in total. The quantitative estimate of drug-likeness (QED) is 0.764. The third kappa shape index (κ3) is 3.16. The average Bonchev–Trinajstić information content (AvgIpc) is 2.31. The standard InChI is InChI=1S/C12H24N2O/c13-8-12-10-15-7-6-14(12)9-11-4-2-1-3-5-11/h11-12H,1-10,13H2. The first kappa shape index (κ1) is 11.4. The summed E-state index contributed by atoms with van der Waals surface area (Å²) in [5.41, 5.74) is 5.78. The summed E-state index contributed by atoms with van der Waals surface area (Å²) in [6.45, 7) is 4.81. The number of nitrogens with zero attached hydrogens (tertiary/aromatic N) is 1. The Morgan fingerprint density at radius 3 is 2.73 bits per heavy atom. The predicted molar refractivity (Wildman–Crippen MR) is 61.8 cm³/mol. The molecule has 88 valence electrons. The maximum atomic E-state index is 5.78. The highest BCUT2D eigenvalue weighted by Gasteiger charge is 2.25. The monoisotopic (exact) mass is 212 g/mol. The van der Waals surface area contributed by atoms with Crippen LogP contribution >= 0.6 is 0 Å².